The zero-order chi connectivity index (χ0) is 14.8. The molecule has 0 aliphatic heterocycles. The van der Waals surface area contributed by atoms with Gasteiger partial charge in [0.2, 0.25) is 5.91 Å². The Morgan fingerprint density at radius 2 is 2.33 bits per heavy atom. The minimum absolute atomic E-state index is 0.0784. The van der Waals surface area contributed by atoms with E-state index in [2.05, 4.69) is 15.1 Å². The standard InChI is InChI=1S/C14H14FN5O/c1-19(14(21)9-20-6-2-5-16-20)8-13-17-11-4-3-10(15)7-12(11)18-13/h2-7H,8-9H2,1H3,(H,17,18). The molecule has 108 valence electrons. The Kier molecular flexibility index (Phi) is 3.39. The lowest BCUT2D eigenvalue weighted by molar-refractivity contribution is -0.131. The lowest BCUT2D eigenvalue weighted by atomic mass is 10.3. The van der Waals surface area contributed by atoms with Crippen molar-refractivity contribution in [3.8, 4) is 0 Å². The van der Waals surface area contributed by atoms with E-state index < -0.39 is 0 Å². The summed E-state index contributed by atoms with van der Waals surface area (Å²) in [5.41, 5.74) is 1.30. The third kappa shape index (κ3) is 2.91. The quantitative estimate of drug-likeness (QED) is 0.792. The second-order valence-corrected chi connectivity index (χ2v) is 4.80. The number of H-pyrrole nitrogens is 1. The van der Waals surface area contributed by atoms with Crippen molar-refractivity contribution in [2.75, 3.05) is 7.05 Å². The van der Waals surface area contributed by atoms with Crippen LogP contribution in [-0.4, -0.2) is 37.6 Å². The topological polar surface area (TPSA) is 66.8 Å². The number of fused-ring (bicyclic) bond motifs is 1. The number of aromatic amines is 1. The molecule has 0 spiro atoms. The van der Waals surface area contributed by atoms with Crippen LogP contribution in [0.25, 0.3) is 11.0 Å². The molecule has 0 fully saturated rings. The second-order valence-electron chi connectivity index (χ2n) is 4.80. The molecule has 2 aromatic heterocycles. The molecule has 3 aromatic rings. The number of rotatable bonds is 4. The van der Waals surface area contributed by atoms with Crippen LogP contribution in [-0.2, 0) is 17.9 Å². The first-order valence-corrected chi connectivity index (χ1v) is 6.47. The van der Waals surface area contributed by atoms with Crippen molar-refractivity contribution >= 4 is 16.9 Å². The maximum absolute atomic E-state index is 13.1. The fourth-order valence-corrected chi connectivity index (χ4v) is 2.08. The van der Waals surface area contributed by atoms with E-state index >= 15 is 0 Å². The summed E-state index contributed by atoms with van der Waals surface area (Å²) in [4.78, 5) is 20.9. The molecule has 1 amide bonds. The molecule has 7 heteroatoms. The first-order chi connectivity index (χ1) is 10.1. The fourth-order valence-electron chi connectivity index (χ4n) is 2.08. The Balaban J connectivity index is 1.70. The summed E-state index contributed by atoms with van der Waals surface area (Å²) < 4.78 is 14.7. The maximum atomic E-state index is 13.1. The van der Waals surface area contributed by atoms with Crippen molar-refractivity contribution in [2.45, 2.75) is 13.1 Å². The Hall–Kier alpha value is -2.70. The van der Waals surface area contributed by atoms with E-state index in [4.69, 9.17) is 0 Å². The normalized spacial score (nSPS) is 11.0. The minimum Gasteiger partial charge on any atom is -0.340 e. The zero-order valence-electron chi connectivity index (χ0n) is 11.5. The van der Waals surface area contributed by atoms with Crippen molar-refractivity contribution < 1.29 is 9.18 Å². The highest BCUT2D eigenvalue weighted by molar-refractivity contribution is 5.76. The molecule has 0 atom stereocenters. The van der Waals surface area contributed by atoms with Crippen LogP contribution in [0, 0.1) is 5.82 Å². The number of amides is 1. The van der Waals surface area contributed by atoms with Gasteiger partial charge in [0.1, 0.15) is 18.2 Å². The predicted octanol–water partition coefficient (Wildman–Crippen LogP) is 1.56. The van der Waals surface area contributed by atoms with E-state index in [1.54, 1.807) is 41.2 Å². The molecule has 3 rings (SSSR count). The number of halogens is 1. The van der Waals surface area contributed by atoms with Gasteiger partial charge in [-0.1, -0.05) is 0 Å². The highest BCUT2D eigenvalue weighted by atomic mass is 19.1. The molecular formula is C14H14FN5O. The molecule has 0 aliphatic carbocycles. The van der Waals surface area contributed by atoms with Crippen molar-refractivity contribution in [3.05, 3.63) is 48.3 Å². The van der Waals surface area contributed by atoms with Crippen LogP contribution < -0.4 is 0 Å². The van der Waals surface area contributed by atoms with Gasteiger partial charge in [-0.05, 0) is 24.3 Å². The number of carbonyl (C=O) groups excluding carboxylic acids is 1. The van der Waals surface area contributed by atoms with E-state index in [0.717, 1.165) is 0 Å². The molecule has 0 unspecified atom stereocenters. The first-order valence-electron chi connectivity index (χ1n) is 6.47. The van der Waals surface area contributed by atoms with E-state index in [-0.39, 0.29) is 18.3 Å². The third-order valence-corrected chi connectivity index (χ3v) is 3.16. The molecule has 0 radical (unpaired) electrons. The molecule has 0 saturated heterocycles. The molecule has 0 bridgehead atoms. The Morgan fingerprint density at radius 3 is 3.10 bits per heavy atom. The van der Waals surface area contributed by atoms with Gasteiger partial charge in [-0.2, -0.15) is 5.10 Å². The van der Waals surface area contributed by atoms with Crippen molar-refractivity contribution in [2.24, 2.45) is 0 Å². The number of hydrogen-bond donors (Lipinski definition) is 1. The largest absolute Gasteiger partial charge is 0.340 e. The van der Waals surface area contributed by atoms with Crippen LogP contribution in [0.15, 0.2) is 36.7 Å². The number of nitrogens with one attached hydrogen (secondary N) is 1. The molecule has 0 saturated carbocycles. The summed E-state index contributed by atoms with van der Waals surface area (Å²) in [6.45, 7) is 0.509. The number of hydrogen-bond acceptors (Lipinski definition) is 3. The van der Waals surface area contributed by atoms with Crippen molar-refractivity contribution in [1.82, 2.24) is 24.6 Å². The van der Waals surface area contributed by atoms with E-state index in [9.17, 15) is 9.18 Å². The molecular weight excluding hydrogens is 273 g/mol. The van der Waals surface area contributed by atoms with Crippen LogP contribution in [0.1, 0.15) is 5.82 Å². The number of aromatic nitrogens is 4. The summed E-state index contributed by atoms with van der Waals surface area (Å²) in [6, 6.07) is 6.12. The molecule has 21 heavy (non-hydrogen) atoms. The van der Waals surface area contributed by atoms with Gasteiger partial charge in [0.25, 0.3) is 0 Å². The SMILES string of the molecule is CN(Cc1nc2ccc(F)cc2[nH]1)C(=O)Cn1cccn1. The summed E-state index contributed by atoms with van der Waals surface area (Å²) in [5.74, 6) is 0.220. The lowest BCUT2D eigenvalue weighted by Gasteiger charge is -2.15. The van der Waals surface area contributed by atoms with E-state index in [0.29, 0.717) is 23.4 Å². The average molecular weight is 287 g/mol. The maximum Gasteiger partial charge on any atom is 0.244 e. The predicted molar refractivity (Wildman–Crippen MR) is 74.8 cm³/mol. The number of nitrogens with zero attached hydrogens (tertiary/aromatic N) is 4. The Labute approximate surface area is 120 Å². The highest BCUT2D eigenvalue weighted by Gasteiger charge is 2.12. The first kappa shape index (κ1) is 13.3. The van der Waals surface area contributed by atoms with Gasteiger partial charge in [0.15, 0.2) is 0 Å². The zero-order valence-corrected chi connectivity index (χ0v) is 11.5. The van der Waals surface area contributed by atoms with Crippen molar-refractivity contribution in [3.63, 3.8) is 0 Å². The molecule has 6 nitrogen and oxygen atoms in total. The smallest absolute Gasteiger partial charge is 0.244 e. The van der Waals surface area contributed by atoms with Crippen LogP contribution in [0.4, 0.5) is 4.39 Å². The van der Waals surface area contributed by atoms with E-state index in [1.165, 1.54) is 12.1 Å². The van der Waals surface area contributed by atoms with Crippen molar-refractivity contribution in [1.29, 1.82) is 0 Å². The highest BCUT2D eigenvalue weighted by Crippen LogP contribution is 2.13. The minimum atomic E-state index is -0.319. The Bertz CT molecular complexity index is 765. The van der Waals surface area contributed by atoms with Gasteiger partial charge in [-0.15, -0.1) is 0 Å². The lowest BCUT2D eigenvalue weighted by Crippen LogP contribution is -2.30. The third-order valence-electron chi connectivity index (χ3n) is 3.16. The second kappa shape index (κ2) is 5.35. The van der Waals surface area contributed by atoms with Crippen LogP contribution >= 0.6 is 0 Å². The average Bonchev–Trinajstić information content (AvgIpc) is 3.07. The van der Waals surface area contributed by atoms with Crippen LogP contribution in [0.2, 0.25) is 0 Å². The summed E-state index contributed by atoms with van der Waals surface area (Å²) in [5, 5.41) is 3.99. The summed E-state index contributed by atoms with van der Waals surface area (Å²) >= 11 is 0. The van der Waals surface area contributed by atoms with Crippen LogP contribution in [0.3, 0.4) is 0 Å². The molecule has 0 aliphatic rings. The number of likely N-dealkylation sites (N-methyl/N-ethyl adjacent to an activating group) is 1. The monoisotopic (exact) mass is 287 g/mol. The summed E-state index contributed by atoms with van der Waals surface area (Å²) in [6.07, 6.45) is 3.36. The van der Waals surface area contributed by atoms with Gasteiger partial charge in [0, 0.05) is 19.4 Å². The molecule has 1 N–H and O–H groups in total. The Morgan fingerprint density at radius 1 is 1.48 bits per heavy atom. The van der Waals surface area contributed by atoms with Gasteiger partial charge in [0.05, 0.1) is 17.6 Å². The van der Waals surface area contributed by atoms with E-state index in [1.807, 2.05) is 0 Å². The number of imidazole rings is 1. The number of benzene rings is 1. The fraction of sp³-hybridized carbons (Fsp3) is 0.214. The molecule has 2 heterocycles. The van der Waals surface area contributed by atoms with Gasteiger partial charge in [-0.3, -0.25) is 9.48 Å². The van der Waals surface area contributed by atoms with Crippen LogP contribution in [0.5, 0.6) is 0 Å². The van der Waals surface area contributed by atoms with Gasteiger partial charge in [-0.25, -0.2) is 9.37 Å². The number of carbonyl (C=O) groups is 1. The molecule has 1 aromatic carbocycles. The van der Waals surface area contributed by atoms with Gasteiger partial charge < -0.3 is 9.88 Å². The summed E-state index contributed by atoms with van der Waals surface area (Å²) in [7, 11) is 1.69. The van der Waals surface area contributed by atoms with Gasteiger partial charge >= 0.3 is 0 Å².